The highest BCUT2D eigenvalue weighted by atomic mass is 16.2. The highest BCUT2D eigenvalue weighted by molar-refractivity contribution is 5.95. The van der Waals surface area contributed by atoms with Crippen LogP contribution in [0.5, 0.6) is 0 Å². The summed E-state index contributed by atoms with van der Waals surface area (Å²) in [6.45, 7) is 5.93. The monoisotopic (exact) mass is 385 g/mol. The molecule has 2 atom stereocenters. The number of fused-ring (bicyclic) bond motifs is 1. The SMILES string of the molecule is CC(C)C(=O)N1CCCN(C(=O)c2ccccc2)[C@H]2CCC[C@H]2C(=O)NCC1. The smallest absolute Gasteiger partial charge is 0.254 e. The molecule has 1 heterocycles. The second kappa shape index (κ2) is 9.22. The van der Waals surface area contributed by atoms with Crippen LogP contribution in [0.2, 0.25) is 0 Å². The Morgan fingerprint density at radius 3 is 2.50 bits per heavy atom. The predicted molar refractivity (Wildman–Crippen MR) is 108 cm³/mol. The van der Waals surface area contributed by atoms with Crippen LogP contribution < -0.4 is 5.32 Å². The minimum absolute atomic E-state index is 0.00667. The first kappa shape index (κ1) is 20.4. The molecule has 3 amide bonds. The van der Waals surface area contributed by atoms with Gasteiger partial charge in [-0.25, -0.2) is 0 Å². The van der Waals surface area contributed by atoms with Gasteiger partial charge in [-0.05, 0) is 31.4 Å². The average Bonchev–Trinajstić information content (AvgIpc) is 3.17. The number of benzene rings is 1. The Morgan fingerprint density at radius 2 is 1.79 bits per heavy atom. The highest BCUT2D eigenvalue weighted by Crippen LogP contribution is 2.31. The van der Waals surface area contributed by atoms with Crippen molar-refractivity contribution in [3.05, 3.63) is 35.9 Å². The molecule has 0 radical (unpaired) electrons. The maximum atomic E-state index is 13.2. The van der Waals surface area contributed by atoms with Crippen LogP contribution in [0.4, 0.5) is 0 Å². The number of carbonyl (C=O) groups is 3. The summed E-state index contributed by atoms with van der Waals surface area (Å²) in [7, 11) is 0. The molecule has 3 rings (SSSR count). The lowest BCUT2D eigenvalue weighted by Crippen LogP contribution is -2.47. The lowest BCUT2D eigenvalue weighted by Gasteiger charge is -2.33. The summed E-state index contributed by atoms with van der Waals surface area (Å²) < 4.78 is 0. The molecule has 6 nitrogen and oxygen atoms in total. The van der Waals surface area contributed by atoms with E-state index in [0.29, 0.717) is 38.2 Å². The quantitative estimate of drug-likeness (QED) is 0.849. The van der Waals surface area contributed by atoms with Crippen LogP contribution in [-0.4, -0.2) is 59.7 Å². The number of nitrogens with zero attached hydrogens (tertiary/aromatic N) is 2. The molecular formula is C22H31N3O3. The molecule has 6 heteroatoms. The first-order valence-electron chi connectivity index (χ1n) is 10.4. The summed E-state index contributed by atoms with van der Waals surface area (Å²) in [5.41, 5.74) is 0.651. The van der Waals surface area contributed by atoms with Crippen LogP contribution in [0.15, 0.2) is 30.3 Å². The number of amides is 3. The fraction of sp³-hybridized carbons (Fsp3) is 0.591. The van der Waals surface area contributed by atoms with E-state index in [9.17, 15) is 14.4 Å². The molecule has 1 aromatic carbocycles. The summed E-state index contributed by atoms with van der Waals surface area (Å²) in [6.07, 6.45) is 3.34. The van der Waals surface area contributed by atoms with Gasteiger partial charge in [0.2, 0.25) is 11.8 Å². The van der Waals surface area contributed by atoms with Crippen molar-refractivity contribution >= 4 is 17.7 Å². The molecule has 0 unspecified atom stereocenters. The van der Waals surface area contributed by atoms with Gasteiger partial charge >= 0.3 is 0 Å². The van der Waals surface area contributed by atoms with Gasteiger partial charge in [-0.15, -0.1) is 0 Å². The molecule has 1 aromatic rings. The van der Waals surface area contributed by atoms with E-state index in [4.69, 9.17) is 0 Å². The largest absolute Gasteiger partial charge is 0.354 e. The summed E-state index contributed by atoms with van der Waals surface area (Å²) >= 11 is 0. The van der Waals surface area contributed by atoms with Crippen LogP contribution in [0.3, 0.4) is 0 Å². The van der Waals surface area contributed by atoms with E-state index in [2.05, 4.69) is 5.32 Å². The fourth-order valence-electron chi connectivity index (χ4n) is 4.36. The molecule has 1 aliphatic heterocycles. The van der Waals surface area contributed by atoms with Crippen molar-refractivity contribution in [3.8, 4) is 0 Å². The Labute approximate surface area is 167 Å². The van der Waals surface area contributed by atoms with Crippen molar-refractivity contribution in [2.45, 2.75) is 45.6 Å². The molecule has 152 valence electrons. The molecule has 28 heavy (non-hydrogen) atoms. The van der Waals surface area contributed by atoms with E-state index in [0.717, 1.165) is 19.3 Å². The molecule has 2 aliphatic rings. The van der Waals surface area contributed by atoms with Gasteiger partial charge in [-0.1, -0.05) is 38.5 Å². The molecule has 1 aliphatic carbocycles. The van der Waals surface area contributed by atoms with E-state index in [1.165, 1.54) is 0 Å². The van der Waals surface area contributed by atoms with Crippen molar-refractivity contribution in [2.24, 2.45) is 11.8 Å². The molecular weight excluding hydrogens is 354 g/mol. The molecule has 2 fully saturated rings. The third-order valence-electron chi connectivity index (χ3n) is 5.81. The Hall–Kier alpha value is -2.37. The Bertz CT molecular complexity index is 704. The van der Waals surface area contributed by atoms with Crippen LogP contribution >= 0.6 is 0 Å². The van der Waals surface area contributed by atoms with Gasteiger partial charge in [0.05, 0.1) is 5.92 Å². The Kier molecular flexibility index (Phi) is 6.70. The number of nitrogens with one attached hydrogen (secondary N) is 1. The second-order valence-corrected chi connectivity index (χ2v) is 8.09. The van der Waals surface area contributed by atoms with E-state index >= 15 is 0 Å². The van der Waals surface area contributed by atoms with Gasteiger partial charge in [0.25, 0.3) is 5.91 Å². The molecule has 0 aromatic heterocycles. The summed E-state index contributed by atoms with van der Waals surface area (Å²) in [4.78, 5) is 42.2. The minimum atomic E-state index is -0.167. The van der Waals surface area contributed by atoms with E-state index in [1.807, 2.05) is 54.0 Å². The zero-order valence-electron chi connectivity index (χ0n) is 16.9. The van der Waals surface area contributed by atoms with E-state index < -0.39 is 0 Å². The summed E-state index contributed by atoms with van der Waals surface area (Å²) in [5.74, 6) is -0.171. The lowest BCUT2D eigenvalue weighted by atomic mass is 9.99. The van der Waals surface area contributed by atoms with Crippen molar-refractivity contribution < 1.29 is 14.4 Å². The van der Waals surface area contributed by atoms with E-state index in [-0.39, 0.29) is 35.6 Å². The lowest BCUT2D eigenvalue weighted by molar-refractivity contribution is -0.135. The molecule has 1 saturated heterocycles. The molecule has 1 N–H and O–H groups in total. The van der Waals surface area contributed by atoms with Crippen LogP contribution in [0.1, 0.15) is 49.9 Å². The second-order valence-electron chi connectivity index (χ2n) is 8.09. The van der Waals surface area contributed by atoms with Crippen LogP contribution in [0, 0.1) is 11.8 Å². The fourth-order valence-corrected chi connectivity index (χ4v) is 4.36. The predicted octanol–water partition coefficient (Wildman–Crippen LogP) is 2.30. The van der Waals surface area contributed by atoms with Crippen LogP contribution in [-0.2, 0) is 9.59 Å². The van der Waals surface area contributed by atoms with Gasteiger partial charge < -0.3 is 15.1 Å². The summed E-state index contributed by atoms with van der Waals surface area (Å²) in [5, 5.41) is 3.00. The van der Waals surface area contributed by atoms with E-state index in [1.54, 1.807) is 0 Å². The van der Waals surface area contributed by atoms with Gasteiger partial charge in [-0.3, -0.25) is 14.4 Å². The third-order valence-corrected chi connectivity index (χ3v) is 5.81. The number of hydrogen-bond acceptors (Lipinski definition) is 3. The molecule has 0 bridgehead atoms. The normalized spacial score (nSPS) is 23.8. The van der Waals surface area contributed by atoms with Gasteiger partial charge in [0, 0.05) is 43.7 Å². The number of rotatable bonds is 2. The van der Waals surface area contributed by atoms with Crippen molar-refractivity contribution in [2.75, 3.05) is 26.2 Å². The van der Waals surface area contributed by atoms with Gasteiger partial charge in [0.15, 0.2) is 0 Å². The zero-order chi connectivity index (χ0) is 20.1. The van der Waals surface area contributed by atoms with Gasteiger partial charge in [-0.2, -0.15) is 0 Å². The topological polar surface area (TPSA) is 69.7 Å². The first-order chi connectivity index (χ1) is 13.5. The Morgan fingerprint density at radius 1 is 1.04 bits per heavy atom. The number of hydrogen-bond donors (Lipinski definition) is 1. The minimum Gasteiger partial charge on any atom is -0.354 e. The van der Waals surface area contributed by atoms with Crippen molar-refractivity contribution in [3.63, 3.8) is 0 Å². The van der Waals surface area contributed by atoms with Crippen molar-refractivity contribution in [1.82, 2.24) is 15.1 Å². The van der Waals surface area contributed by atoms with Gasteiger partial charge in [0.1, 0.15) is 0 Å². The number of carbonyl (C=O) groups excluding carboxylic acids is 3. The highest BCUT2D eigenvalue weighted by Gasteiger charge is 2.39. The molecule has 0 spiro atoms. The average molecular weight is 386 g/mol. The molecule has 1 saturated carbocycles. The first-order valence-corrected chi connectivity index (χ1v) is 10.4. The maximum Gasteiger partial charge on any atom is 0.254 e. The van der Waals surface area contributed by atoms with Crippen LogP contribution in [0.25, 0.3) is 0 Å². The standard InChI is InChI=1S/C22H31N3O3/c1-16(2)21(27)24-13-7-14-25(22(28)17-8-4-3-5-9-17)19-11-6-10-18(19)20(26)23-12-15-24/h3-5,8-9,16,18-19H,6-7,10-15H2,1-2H3,(H,23,26)/t18-,19+/m1/s1. The maximum absolute atomic E-state index is 13.2. The summed E-state index contributed by atoms with van der Waals surface area (Å²) in [6, 6.07) is 9.20. The third kappa shape index (κ3) is 4.54. The van der Waals surface area contributed by atoms with Crippen molar-refractivity contribution in [1.29, 1.82) is 0 Å². The Balaban J connectivity index is 1.83. The zero-order valence-corrected chi connectivity index (χ0v) is 16.9.